The Labute approximate surface area is 189 Å². The zero-order valence-corrected chi connectivity index (χ0v) is 19.3. The predicted molar refractivity (Wildman–Crippen MR) is 115 cm³/mol. The predicted octanol–water partition coefficient (Wildman–Crippen LogP) is 0.567. The van der Waals surface area contributed by atoms with Crippen LogP contribution in [0.5, 0.6) is 0 Å². The average molecular weight is 459 g/mol. The van der Waals surface area contributed by atoms with Crippen molar-refractivity contribution >= 4 is 5.97 Å². The lowest BCUT2D eigenvalue weighted by Gasteiger charge is -2.41. The van der Waals surface area contributed by atoms with E-state index in [1.807, 2.05) is 26.8 Å². The lowest BCUT2D eigenvalue weighted by Crippen LogP contribution is -2.59. The van der Waals surface area contributed by atoms with Crippen LogP contribution < -0.4 is 0 Å². The molecule has 9 nitrogen and oxygen atoms in total. The van der Waals surface area contributed by atoms with Crippen LogP contribution in [0.1, 0.15) is 53.4 Å². The van der Waals surface area contributed by atoms with Crippen molar-refractivity contribution in [3.63, 3.8) is 0 Å². The van der Waals surface area contributed by atoms with Crippen LogP contribution in [0.3, 0.4) is 0 Å². The van der Waals surface area contributed by atoms with Crippen LogP contribution in [0.2, 0.25) is 0 Å². The molecule has 2 heterocycles. The summed E-state index contributed by atoms with van der Waals surface area (Å²) in [6.07, 6.45) is -1.05. The fraction of sp³-hybridized carbons (Fsp3) is 0.783. The topological polar surface area (TPSA) is 146 Å². The summed E-state index contributed by atoms with van der Waals surface area (Å²) in [5.41, 5.74) is -0.453. The van der Waals surface area contributed by atoms with E-state index in [1.54, 1.807) is 6.92 Å². The van der Waals surface area contributed by atoms with Gasteiger partial charge in [0, 0.05) is 6.08 Å². The zero-order valence-electron chi connectivity index (χ0n) is 19.3. The first-order chi connectivity index (χ1) is 14.9. The molecule has 9 heteroatoms. The third kappa shape index (κ3) is 7.34. The van der Waals surface area contributed by atoms with Gasteiger partial charge in [-0.15, -0.1) is 0 Å². The van der Waals surface area contributed by atoms with Crippen LogP contribution >= 0.6 is 0 Å². The van der Waals surface area contributed by atoms with E-state index in [9.17, 15) is 30.3 Å². The molecule has 0 aromatic carbocycles. The van der Waals surface area contributed by atoms with Crippen molar-refractivity contribution in [3.8, 4) is 0 Å². The molecule has 5 N–H and O–H groups in total. The Kier molecular flexibility index (Phi) is 9.84. The summed E-state index contributed by atoms with van der Waals surface area (Å²) in [6.45, 7) is 6.73. The summed E-state index contributed by atoms with van der Waals surface area (Å²) in [6, 6.07) is 0. The van der Waals surface area contributed by atoms with Crippen molar-refractivity contribution < 1.29 is 44.5 Å². The molecule has 2 rings (SSSR count). The first kappa shape index (κ1) is 26.9. The maximum absolute atomic E-state index is 12.1. The van der Waals surface area contributed by atoms with E-state index in [0.29, 0.717) is 12.8 Å². The molecule has 1 saturated heterocycles. The number of hydrogen-bond donors (Lipinski definition) is 5. The van der Waals surface area contributed by atoms with Gasteiger partial charge >= 0.3 is 5.97 Å². The standard InChI is InChI=1S/C23H38O9/c1-13-6-5-7-14(2)16(8-10-23(4,29)11-9-18(25)30-15(13)3)31-22-21(28)20(27)19(26)17(12-24)32-22/h7,9,11,13,15-17,19-22,24,26-29H,5-6,8,10,12H2,1-4H3/b11-9-,14-7+/t13-,15+,16-,17+,19+,20-,21+,22-,23+/m0/s1. The SMILES string of the molecule is C/C1=C\CC[C@H](C)[C@@H](C)OC(=O)/C=C\[C@](C)(O)CC[C@@H]1O[C@H]1O[C@H](CO)[C@@H](O)[C@H](O)[C@H]1O. The second-order valence-corrected chi connectivity index (χ2v) is 9.20. The Hall–Kier alpha value is -1.33. The summed E-state index contributed by atoms with van der Waals surface area (Å²) >= 11 is 0. The Morgan fingerprint density at radius 1 is 1.16 bits per heavy atom. The van der Waals surface area contributed by atoms with Crippen LogP contribution in [0.25, 0.3) is 0 Å². The number of rotatable bonds is 3. The van der Waals surface area contributed by atoms with Gasteiger partial charge in [0.15, 0.2) is 6.29 Å². The maximum Gasteiger partial charge on any atom is 0.330 e. The highest BCUT2D eigenvalue weighted by atomic mass is 16.7. The van der Waals surface area contributed by atoms with Crippen LogP contribution in [0.15, 0.2) is 23.8 Å². The first-order valence-corrected chi connectivity index (χ1v) is 11.2. The number of esters is 1. The fourth-order valence-corrected chi connectivity index (χ4v) is 3.78. The van der Waals surface area contributed by atoms with Crippen LogP contribution in [-0.4, -0.2) is 86.6 Å². The highest BCUT2D eigenvalue weighted by molar-refractivity contribution is 5.82. The molecule has 2 aliphatic heterocycles. The molecule has 0 spiro atoms. The molecule has 0 aromatic rings. The monoisotopic (exact) mass is 458 g/mol. The molecule has 32 heavy (non-hydrogen) atoms. The molecule has 0 radical (unpaired) electrons. The molecular formula is C23H38O9. The van der Waals surface area contributed by atoms with E-state index in [4.69, 9.17) is 14.2 Å². The number of carbonyl (C=O) groups is 1. The van der Waals surface area contributed by atoms with Crippen LogP contribution in [0.4, 0.5) is 0 Å². The quantitative estimate of drug-likeness (QED) is 0.302. The highest BCUT2D eigenvalue weighted by Gasteiger charge is 2.45. The zero-order chi connectivity index (χ0) is 24.1. The van der Waals surface area contributed by atoms with Crippen molar-refractivity contribution in [3.05, 3.63) is 23.8 Å². The molecule has 0 aliphatic carbocycles. The molecule has 9 atom stereocenters. The van der Waals surface area contributed by atoms with E-state index >= 15 is 0 Å². The number of aliphatic hydroxyl groups is 5. The van der Waals surface area contributed by atoms with E-state index in [-0.39, 0.29) is 18.4 Å². The molecule has 0 unspecified atom stereocenters. The summed E-state index contributed by atoms with van der Waals surface area (Å²) in [5.74, 6) is -0.396. The Morgan fingerprint density at radius 3 is 2.50 bits per heavy atom. The lowest BCUT2D eigenvalue weighted by atomic mass is 9.93. The van der Waals surface area contributed by atoms with Crippen LogP contribution in [-0.2, 0) is 19.0 Å². The number of ether oxygens (including phenoxy) is 3. The minimum atomic E-state index is -1.53. The third-order valence-corrected chi connectivity index (χ3v) is 6.34. The van der Waals surface area contributed by atoms with Crippen molar-refractivity contribution in [1.82, 2.24) is 0 Å². The Morgan fingerprint density at radius 2 is 1.84 bits per heavy atom. The Balaban J connectivity index is 2.23. The van der Waals surface area contributed by atoms with E-state index in [2.05, 4.69) is 0 Å². The molecule has 2 aliphatic rings. The largest absolute Gasteiger partial charge is 0.459 e. The van der Waals surface area contributed by atoms with Gasteiger partial charge in [0.25, 0.3) is 0 Å². The van der Waals surface area contributed by atoms with Crippen LogP contribution in [0, 0.1) is 5.92 Å². The normalized spacial score (nSPS) is 45.3. The second kappa shape index (κ2) is 11.7. The van der Waals surface area contributed by atoms with E-state index in [1.165, 1.54) is 12.2 Å². The number of cyclic esters (lactones) is 1. The lowest BCUT2D eigenvalue weighted by molar-refractivity contribution is -0.309. The number of aliphatic hydroxyl groups excluding tert-OH is 4. The summed E-state index contributed by atoms with van der Waals surface area (Å²) in [7, 11) is 0. The summed E-state index contributed by atoms with van der Waals surface area (Å²) < 4.78 is 16.9. The smallest absolute Gasteiger partial charge is 0.330 e. The Bertz CT molecular complexity index is 672. The minimum Gasteiger partial charge on any atom is -0.459 e. The molecule has 0 saturated carbocycles. The van der Waals surface area contributed by atoms with Crippen molar-refractivity contribution in [1.29, 1.82) is 0 Å². The van der Waals surface area contributed by atoms with Gasteiger partial charge in [-0.2, -0.15) is 0 Å². The van der Waals surface area contributed by atoms with Crippen molar-refractivity contribution in [2.24, 2.45) is 5.92 Å². The molecule has 0 bridgehead atoms. The number of allylic oxidation sites excluding steroid dienone is 1. The average Bonchev–Trinajstić information content (AvgIpc) is 2.74. The van der Waals surface area contributed by atoms with Crippen molar-refractivity contribution in [2.45, 2.75) is 102 Å². The van der Waals surface area contributed by atoms with Gasteiger partial charge < -0.3 is 39.7 Å². The minimum absolute atomic E-state index is 0.115. The van der Waals surface area contributed by atoms with Gasteiger partial charge in [0.2, 0.25) is 0 Å². The van der Waals surface area contributed by atoms with Gasteiger partial charge in [0.1, 0.15) is 30.5 Å². The van der Waals surface area contributed by atoms with Gasteiger partial charge in [0.05, 0.1) is 18.3 Å². The molecular weight excluding hydrogens is 420 g/mol. The summed E-state index contributed by atoms with van der Waals surface area (Å²) in [5, 5.41) is 50.5. The van der Waals surface area contributed by atoms with Gasteiger partial charge in [-0.05, 0) is 64.0 Å². The van der Waals surface area contributed by atoms with E-state index in [0.717, 1.165) is 12.0 Å². The fourth-order valence-electron chi connectivity index (χ4n) is 3.78. The molecule has 184 valence electrons. The van der Waals surface area contributed by atoms with Gasteiger partial charge in [-0.1, -0.05) is 13.0 Å². The maximum atomic E-state index is 12.1. The first-order valence-electron chi connectivity index (χ1n) is 11.2. The molecule has 0 amide bonds. The number of carbonyl (C=O) groups excluding carboxylic acids is 1. The van der Waals surface area contributed by atoms with Crippen molar-refractivity contribution in [2.75, 3.05) is 6.61 Å². The second-order valence-electron chi connectivity index (χ2n) is 9.20. The highest BCUT2D eigenvalue weighted by Crippen LogP contribution is 2.28. The summed E-state index contributed by atoms with van der Waals surface area (Å²) in [4.78, 5) is 12.1. The van der Waals surface area contributed by atoms with E-state index < -0.39 is 55.0 Å². The van der Waals surface area contributed by atoms with Gasteiger partial charge in [-0.3, -0.25) is 0 Å². The molecule has 0 aromatic heterocycles. The van der Waals surface area contributed by atoms with Gasteiger partial charge in [-0.25, -0.2) is 4.79 Å². The number of hydrogen-bond acceptors (Lipinski definition) is 9. The molecule has 1 fully saturated rings. The third-order valence-electron chi connectivity index (χ3n) is 6.34.